The van der Waals surface area contributed by atoms with Gasteiger partial charge in [0, 0.05) is 29.7 Å². The fraction of sp³-hybridized carbons (Fsp3) is 0.273. The number of likely N-dealkylation sites (tertiary alicyclic amines) is 1. The zero-order valence-corrected chi connectivity index (χ0v) is 18.6. The molecule has 1 aliphatic rings. The van der Waals surface area contributed by atoms with E-state index in [1.165, 1.54) is 22.7 Å². The minimum absolute atomic E-state index is 0.0109. The quantitative estimate of drug-likeness (QED) is 0.584. The predicted octanol–water partition coefficient (Wildman–Crippen LogP) is 4.18. The fourth-order valence-electron chi connectivity index (χ4n) is 3.46. The number of amides is 3. The highest BCUT2D eigenvalue weighted by molar-refractivity contribution is 7.14. The lowest BCUT2D eigenvalue weighted by molar-refractivity contribution is -0.115. The first-order valence-electron chi connectivity index (χ1n) is 9.99. The van der Waals surface area contributed by atoms with Gasteiger partial charge in [0.1, 0.15) is 0 Å². The molecule has 2 aromatic heterocycles. The number of aromatic nitrogens is 1. The standard InChI is InChI=1S/C22H22N4O3S2/c1-14-16(21(29)26-9-2-3-10-26)6-4-7-17(14)24-19(27)12-15-13-31-22(23-15)25-20(28)18-8-5-11-30-18/h4-8,11,13H,2-3,9-10,12H2,1H3,(H,24,27)(H,23,25,28). The molecule has 7 nitrogen and oxygen atoms in total. The van der Waals surface area contributed by atoms with E-state index in [1.807, 2.05) is 23.3 Å². The number of hydrogen-bond donors (Lipinski definition) is 2. The average Bonchev–Trinajstić information content (AvgIpc) is 3.52. The van der Waals surface area contributed by atoms with Crippen LogP contribution in [-0.2, 0) is 11.2 Å². The fourth-order valence-corrected chi connectivity index (χ4v) is 4.79. The van der Waals surface area contributed by atoms with Crippen molar-refractivity contribution in [1.29, 1.82) is 0 Å². The Morgan fingerprint density at radius 2 is 1.87 bits per heavy atom. The highest BCUT2D eigenvalue weighted by atomic mass is 32.1. The summed E-state index contributed by atoms with van der Waals surface area (Å²) in [4.78, 5) is 44.2. The van der Waals surface area contributed by atoms with Crippen LogP contribution in [0.3, 0.4) is 0 Å². The van der Waals surface area contributed by atoms with E-state index < -0.39 is 0 Å². The van der Waals surface area contributed by atoms with Gasteiger partial charge in [0.25, 0.3) is 11.8 Å². The Kier molecular flexibility index (Phi) is 6.43. The van der Waals surface area contributed by atoms with Gasteiger partial charge in [-0.1, -0.05) is 12.1 Å². The number of thiophene rings is 1. The van der Waals surface area contributed by atoms with Crippen LogP contribution in [0.15, 0.2) is 41.1 Å². The van der Waals surface area contributed by atoms with E-state index >= 15 is 0 Å². The van der Waals surface area contributed by atoms with Crippen molar-refractivity contribution in [2.24, 2.45) is 0 Å². The van der Waals surface area contributed by atoms with Crippen LogP contribution in [0, 0.1) is 6.92 Å². The molecule has 0 bridgehead atoms. The Hall–Kier alpha value is -3.04. The van der Waals surface area contributed by atoms with Gasteiger partial charge in [-0.25, -0.2) is 4.98 Å². The minimum Gasteiger partial charge on any atom is -0.339 e. The van der Waals surface area contributed by atoms with Gasteiger partial charge in [0.05, 0.1) is 17.0 Å². The summed E-state index contributed by atoms with van der Waals surface area (Å²) in [6.45, 7) is 3.41. The molecule has 0 unspecified atom stereocenters. The van der Waals surface area contributed by atoms with Crippen molar-refractivity contribution in [1.82, 2.24) is 9.88 Å². The topological polar surface area (TPSA) is 91.4 Å². The molecule has 2 N–H and O–H groups in total. The van der Waals surface area contributed by atoms with Crippen LogP contribution < -0.4 is 10.6 Å². The summed E-state index contributed by atoms with van der Waals surface area (Å²) in [7, 11) is 0. The maximum atomic E-state index is 12.7. The molecule has 1 aliphatic heterocycles. The second-order valence-electron chi connectivity index (χ2n) is 7.28. The van der Waals surface area contributed by atoms with Gasteiger partial charge in [0.2, 0.25) is 5.91 Å². The highest BCUT2D eigenvalue weighted by Gasteiger charge is 2.22. The number of nitrogens with one attached hydrogen (secondary N) is 2. The molecule has 1 fully saturated rings. The third kappa shape index (κ3) is 5.00. The van der Waals surface area contributed by atoms with Crippen molar-refractivity contribution in [3.63, 3.8) is 0 Å². The number of rotatable bonds is 6. The van der Waals surface area contributed by atoms with E-state index in [0.29, 0.717) is 27.0 Å². The first-order valence-corrected chi connectivity index (χ1v) is 11.7. The van der Waals surface area contributed by atoms with Gasteiger partial charge in [-0.3, -0.25) is 19.7 Å². The molecule has 0 saturated carbocycles. The third-order valence-electron chi connectivity index (χ3n) is 5.09. The molecule has 1 aromatic carbocycles. The molecule has 0 atom stereocenters. The van der Waals surface area contributed by atoms with E-state index in [0.717, 1.165) is 31.5 Å². The lowest BCUT2D eigenvalue weighted by Gasteiger charge is -2.18. The van der Waals surface area contributed by atoms with Gasteiger partial charge >= 0.3 is 0 Å². The van der Waals surface area contributed by atoms with Gasteiger partial charge in [-0.05, 0) is 48.9 Å². The summed E-state index contributed by atoms with van der Waals surface area (Å²) in [5.41, 5.74) is 2.57. The van der Waals surface area contributed by atoms with Crippen LogP contribution in [0.5, 0.6) is 0 Å². The zero-order chi connectivity index (χ0) is 21.8. The average molecular weight is 455 g/mol. The first-order chi connectivity index (χ1) is 15.0. The lowest BCUT2D eigenvalue weighted by Crippen LogP contribution is -2.28. The summed E-state index contributed by atoms with van der Waals surface area (Å²) in [5.74, 6) is -0.428. The van der Waals surface area contributed by atoms with Crippen molar-refractivity contribution >= 4 is 51.2 Å². The number of anilines is 2. The van der Waals surface area contributed by atoms with Crippen LogP contribution in [0.1, 0.15) is 44.1 Å². The Labute approximate surface area is 188 Å². The molecule has 0 radical (unpaired) electrons. The number of carbonyl (C=O) groups excluding carboxylic acids is 3. The van der Waals surface area contributed by atoms with Crippen LogP contribution >= 0.6 is 22.7 Å². The smallest absolute Gasteiger partial charge is 0.267 e. The van der Waals surface area contributed by atoms with Crippen LogP contribution in [0.2, 0.25) is 0 Å². The molecule has 160 valence electrons. The maximum Gasteiger partial charge on any atom is 0.267 e. The number of benzene rings is 1. The largest absolute Gasteiger partial charge is 0.339 e. The minimum atomic E-state index is -0.227. The monoisotopic (exact) mass is 454 g/mol. The van der Waals surface area contributed by atoms with Gasteiger partial charge in [-0.2, -0.15) is 0 Å². The normalized spacial score (nSPS) is 13.3. The first kappa shape index (κ1) is 21.2. The van der Waals surface area contributed by atoms with Gasteiger partial charge in [0.15, 0.2) is 5.13 Å². The lowest BCUT2D eigenvalue weighted by atomic mass is 10.1. The molecular weight excluding hydrogens is 432 g/mol. The second-order valence-corrected chi connectivity index (χ2v) is 9.08. The van der Waals surface area contributed by atoms with E-state index in [9.17, 15) is 14.4 Å². The van der Waals surface area contributed by atoms with Crippen molar-refractivity contribution in [2.45, 2.75) is 26.2 Å². The SMILES string of the molecule is Cc1c(NC(=O)Cc2csc(NC(=O)c3cccs3)n2)cccc1C(=O)N1CCCC1. The van der Waals surface area contributed by atoms with E-state index in [4.69, 9.17) is 0 Å². The number of nitrogens with zero attached hydrogens (tertiary/aromatic N) is 2. The van der Waals surface area contributed by atoms with Crippen LogP contribution in [0.4, 0.5) is 10.8 Å². The molecule has 4 rings (SSSR count). The second kappa shape index (κ2) is 9.40. The van der Waals surface area contributed by atoms with Crippen LogP contribution in [0.25, 0.3) is 0 Å². The Balaban J connectivity index is 1.38. The van der Waals surface area contributed by atoms with Gasteiger partial charge < -0.3 is 10.2 Å². The predicted molar refractivity (Wildman–Crippen MR) is 123 cm³/mol. The molecule has 0 aliphatic carbocycles. The van der Waals surface area contributed by atoms with Crippen molar-refractivity contribution < 1.29 is 14.4 Å². The summed E-state index contributed by atoms with van der Waals surface area (Å²) in [6.07, 6.45) is 2.14. The third-order valence-corrected chi connectivity index (χ3v) is 6.77. The molecule has 1 saturated heterocycles. The molecule has 0 spiro atoms. The Morgan fingerprint density at radius 1 is 1.06 bits per heavy atom. The molecule has 3 heterocycles. The van der Waals surface area contributed by atoms with Gasteiger partial charge in [-0.15, -0.1) is 22.7 Å². The molecule has 3 aromatic rings. The zero-order valence-electron chi connectivity index (χ0n) is 17.0. The Morgan fingerprint density at radius 3 is 2.61 bits per heavy atom. The summed E-state index contributed by atoms with van der Waals surface area (Å²) >= 11 is 2.63. The molecule has 3 amide bonds. The summed E-state index contributed by atoms with van der Waals surface area (Å²) in [5, 5.41) is 9.68. The number of carbonyl (C=O) groups is 3. The van der Waals surface area contributed by atoms with Crippen molar-refractivity contribution in [3.05, 3.63) is 62.8 Å². The van der Waals surface area contributed by atoms with E-state index in [2.05, 4.69) is 15.6 Å². The molecular formula is C22H22N4O3S2. The van der Waals surface area contributed by atoms with E-state index in [1.54, 1.807) is 29.6 Å². The highest BCUT2D eigenvalue weighted by Crippen LogP contribution is 2.23. The summed E-state index contributed by atoms with van der Waals surface area (Å²) < 4.78 is 0. The maximum absolute atomic E-state index is 12.7. The number of thiazole rings is 1. The summed E-state index contributed by atoms with van der Waals surface area (Å²) in [6, 6.07) is 8.93. The molecule has 9 heteroatoms. The van der Waals surface area contributed by atoms with Crippen LogP contribution in [-0.4, -0.2) is 40.7 Å². The number of hydrogen-bond acceptors (Lipinski definition) is 6. The Bertz CT molecular complexity index is 1100. The van der Waals surface area contributed by atoms with E-state index in [-0.39, 0.29) is 24.1 Å². The van der Waals surface area contributed by atoms with Crippen molar-refractivity contribution in [2.75, 3.05) is 23.7 Å². The molecule has 31 heavy (non-hydrogen) atoms. The van der Waals surface area contributed by atoms with Crippen molar-refractivity contribution in [3.8, 4) is 0 Å².